The lowest BCUT2D eigenvalue weighted by atomic mass is 9.90. The van der Waals surface area contributed by atoms with Crippen LogP contribution in [0, 0.1) is 11.8 Å². The molecule has 3 atom stereocenters. The van der Waals surface area contributed by atoms with Gasteiger partial charge >= 0.3 is 12.0 Å². The largest absolute Gasteiger partial charge is 0.469 e. The molecule has 1 saturated carbocycles. The molecule has 7 heteroatoms. The van der Waals surface area contributed by atoms with E-state index in [2.05, 4.69) is 5.32 Å². The first-order valence-corrected chi connectivity index (χ1v) is 8.93. The van der Waals surface area contributed by atoms with E-state index in [1.54, 1.807) is 0 Å². The fraction of sp³-hybridized carbons (Fsp3) is 0.882. The molecule has 1 N–H and O–H groups in total. The smallest absolute Gasteiger partial charge is 0.317 e. The van der Waals surface area contributed by atoms with E-state index < -0.39 is 5.79 Å². The lowest BCUT2D eigenvalue weighted by molar-refractivity contribution is -0.189. The molecule has 2 aliphatic heterocycles. The van der Waals surface area contributed by atoms with E-state index in [0.717, 1.165) is 32.2 Å². The highest BCUT2D eigenvalue weighted by atomic mass is 16.7. The number of nitrogens with one attached hydrogen (secondary N) is 1. The number of rotatable bonds is 3. The molecule has 136 valence electrons. The molecule has 0 aromatic rings. The summed E-state index contributed by atoms with van der Waals surface area (Å²) in [6.07, 6.45) is 4.23. The van der Waals surface area contributed by atoms with Gasteiger partial charge < -0.3 is 24.4 Å². The number of piperidine rings is 1. The minimum atomic E-state index is -0.567. The van der Waals surface area contributed by atoms with E-state index >= 15 is 0 Å². The molecule has 7 nitrogen and oxygen atoms in total. The number of methoxy groups -OCH3 is 1. The van der Waals surface area contributed by atoms with Crippen LogP contribution in [0.1, 0.15) is 39.0 Å². The summed E-state index contributed by atoms with van der Waals surface area (Å²) >= 11 is 0. The number of ether oxygens (including phenoxy) is 3. The van der Waals surface area contributed by atoms with E-state index in [9.17, 15) is 9.59 Å². The molecule has 0 radical (unpaired) electrons. The molecule has 2 heterocycles. The third-order valence-electron chi connectivity index (χ3n) is 5.61. The molecule has 0 spiro atoms. The quantitative estimate of drug-likeness (QED) is 0.788. The molecule has 2 saturated heterocycles. The summed E-state index contributed by atoms with van der Waals surface area (Å²) in [5.41, 5.74) is 0. The number of hydrogen-bond donors (Lipinski definition) is 1. The molecule has 0 aromatic heterocycles. The maximum absolute atomic E-state index is 12.6. The first kappa shape index (κ1) is 17.5. The molecule has 0 bridgehead atoms. The SMILES string of the molecule is COC(=O)[C@H]1CC[C@@H](NC(=O)N2CCCC(C3(C)OCCO3)C2)C1. The van der Waals surface area contributed by atoms with Crippen molar-refractivity contribution >= 4 is 12.0 Å². The Morgan fingerprint density at radius 1 is 1.21 bits per heavy atom. The van der Waals surface area contributed by atoms with E-state index in [1.807, 2.05) is 11.8 Å². The summed E-state index contributed by atoms with van der Waals surface area (Å²) in [7, 11) is 1.41. The second kappa shape index (κ2) is 7.27. The average molecular weight is 340 g/mol. The van der Waals surface area contributed by atoms with Crippen LogP contribution in [0.25, 0.3) is 0 Å². The number of urea groups is 1. The lowest BCUT2D eigenvalue weighted by Crippen LogP contribution is -2.52. The van der Waals surface area contributed by atoms with Gasteiger partial charge in [-0.3, -0.25) is 4.79 Å². The molecule has 3 aliphatic rings. The molecular formula is C17H28N2O5. The Hall–Kier alpha value is -1.34. The normalized spacial score (nSPS) is 32.6. The van der Waals surface area contributed by atoms with Crippen molar-refractivity contribution in [2.45, 2.75) is 50.9 Å². The van der Waals surface area contributed by atoms with Crippen LogP contribution in [-0.4, -0.2) is 62.1 Å². The number of carbonyl (C=O) groups is 2. The highest BCUT2D eigenvalue weighted by Crippen LogP contribution is 2.34. The van der Waals surface area contributed by atoms with Crippen molar-refractivity contribution in [2.24, 2.45) is 11.8 Å². The maximum Gasteiger partial charge on any atom is 0.317 e. The first-order chi connectivity index (χ1) is 11.5. The molecule has 1 unspecified atom stereocenters. The number of likely N-dealkylation sites (tertiary alicyclic amines) is 1. The minimum Gasteiger partial charge on any atom is -0.469 e. The van der Waals surface area contributed by atoms with Gasteiger partial charge in [0.25, 0.3) is 0 Å². The van der Waals surface area contributed by atoms with Crippen molar-refractivity contribution in [2.75, 3.05) is 33.4 Å². The van der Waals surface area contributed by atoms with Gasteiger partial charge in [-0.15, -0.1) is 0 Å². The minimum absolute atomic E-state index is 0.0446. The topological polar surface area (TPSA) is 77.1 Å². The monoisotopic (exact) mass is 340 g/mol. The van der Waals surface area contributed by atoms with Crippen LogP contribution in [0.15, 0.2) is 0 Å². The predicted octanol–water partition coefficient (Wildman–Crippen LogP) is 1.51. The van der Waals surface area contributed by atoms with Gasteiger partial charge in [0, 0.05) is 25.0 Å². The van der Waals surface area contributed by atoms with Crippen molar-refractivity contribution < 1.29 is 23.8 Å². The van der Waals surface area contributed by atoms with Gasteiger partial charge in [0.05, 0.1) is 26.2 Å². The predicted molar refractivity (Wildman–Crippen MR) is 86.3 cm³/mol. The second-order valence-corrected chi connectivity index (χ2v) is 7.18. The molecule has 2 amide bonds. The van der Waals surface area contributed by atoms with Crippen LogP contribution in [-0.2, 0) is 19.0 Å². The zero-order valence-corrected chi connectivity index (χ0v) is 14.6. The summed E-state index contributed by atoms with van der Waals surface area (Å²) in [6, 6.07) is 0.00774. The molecule has 1 aliphatic carbocycles. The van der Waals surface area contributed by atoms with Gasteiger partial charge in [-0.2, -0.15) is 0 Å². The summed E-state index contributed by atoms with van der Waals surface area (Å²) in [6.45, 7) is 4.62. The first-order valence-electron chi connectivity index (χ1n) is 8.93. The zero-order valence-electron chi connectivity index (χ0n) is 14.6. The van der Waals surface area contributed by atoms with Crippen LogP contribution >= 0.6 is 0 Å². The second-order valence-electron chi connectivity index (χ2n) is 7.18. The van der Waals surface area contributed by atoms with Crippen molar-refractivity contribution in [1.29, 1.82) is 0 Å². The number of hydrogen-bond acceptors (Lipinski definition) is 5. The Morgan fingerprint density at radius 2 is 1.96 bits per heavy atom. The average Bonchev–Trinajstić information content (AvgIpc) is 3.24. The van der Waals surface area contributed by atoms with Crippen molar-refractivity contribution in [3.8, 4) is 0 Å². The summed E-state index contributed by atoms with van der Waals surface area (Å²) < 4.78 is 16.3. The third-order valence-corrected chi connectivity index (χ3v) is 5.61. The van der Waals surface area contributed by atoms with Crippen molar-refractivity contribution in [1.82, 2.24) is 10.2 Å². The molecule has 3 rings (SSSR count). The van der Waals surface area contributed by atoms with Crippen LogP contribution in [0.5, 0.6) is 0 Å². The van der Waals surface area contributed by atoms with E-state index in [-0.39, 0.29) is 29.9 Å². The number of esters is 1. The fourth-order valence-electron chi connectivity index (χ4n) is 4.11. The Labute approximate surface area is 143 Å². The molecule has 0 aromatic carbocycles. The van der Waals surface area contributed by atoms with E-state index in [0.29, 0.717) is 26.2 Å². The summed E-state index contributed by atoms with van der Waals surface area (Å²) in [4.78, 5) is 26.0. The highest BCUT2D eigenvalue weighted by molar-refractivity contribution is 5.76. The summed E-state index contributed by atoms with van der Waals surface area (Å²) in [5.74, 6) is -0.629. The van der Waals surface area contributed by atoms with Gasteiger partial charge in [0.1, 0.15) is 0 Å². The van der Waals surface area contributed by atoms with Crippen molar-refractivity contribution in [3.05, 3.63) is 0 Å². The number of nitrogens with zero attached hydrogens (tertiary/aromatic N) is 1. The highest BCUT2D eigenvalue weighted by Gasteiger charge is 2.43. The van der Waals surface area contributed by atoms with Crippen LogP contribution in [0.4, 0.5) is 4.79 Å². The number of amides is 2. The molecular weight excluding hydrogens is 312 g/mol. The Balaban J connectivity index is 1.51. The maximum atomic E-state index is 12.6. The van der Waals surface area contributed by atoms with Crippen LogP contribution in [0.3, 0.4) is 0 Å². The molecule has 3 fully saturated rings. The van der Waals surface area contributed by atoms with Crippen LogP contribution < -0.4 is 5.32 Å². The van der Waals surface area contributed by atoms with Gasteiger partial charge in [-0.1, -0.05) is 0 Å². The Morgan fingerprint density at radius 3 is 2.67 bits per heavy atom. The molecule has 24 heavy (non-hydrogen) atoms. The Bertz CT molecular complexity index is 478. The van der Waals surface area contributed by atoms with Crippen molar-refractivity contribution in [3.63, 3.8) is 0 Å². The van der Waals surface area contributed by atoms with Gasteiger partial charge in [0.2, 0.25) is 0 Å². The van der Waals surface area contributed by atoms with Gasteiger partial charge in [0.15, 0.2) is 5.79 Å². The van der Waals surface area contributed by atoms with Gasteiger partial charge in [-0.05, 0) is 39.0 Å². The van der Waals surface area contributed by atoms with Gasteiger partial charge in [-0.25, -0.2) is 4.79 Å². The Kier molecular flexibility index (Phi) is 5.30. The number of carbonyl (C=O) groups excluding carboxylic acids is 2. The summed E-state index contributed by atoms with van der Waals surface area (Å²) in [5, 5.41) is 3.08. The third kappa shape index (κ3) is 3.67. The zero-order chi connectivity index (χ0) is 17.2. The van der Waals surface area contributed by atoms with Crippen LogP contribution in [0.2, 0.25) is 0 Å². The van der Waals surface area contributed by atoms with E-state index in [4.69, 9.17) is 14.2 Å². The standard InChI is InChI=1S/C17H28N2O5/c1-17(23-8-9-24-17)13-4-3-7-19(11-13)16(21)18-14-6-5-12(10-14)15(20)22-2/h12-14H,3-11H2,1-2H3,(H,18,21)/t12-,13?,14+/m0/s1. The lowest BCUT2D eigenvalue weighted by Gasteiger charge is -2.40. The fourth-order valence-corrected chi connectivity index (χ4v) is 4.11. The van der Waals surface area contributed by atoms with E-state index in [1.165, 1.54) is 7.11 Å².